The highest BCUT2D eigenvalue weighted by atomic mass is 16.2. The lowest BCUT2D eigenvalue weighted by molar-refractivity contribution is -0.155. The van der Waals surface area contributed by atoms with Gasteiger partial charge in [0.2, 0.25) is 5.91 Å². The fraction of sp³-hybridized carbons (Fsp3) is 0.947. The van der Waals surface area contributed by atoms with E-state index in [0.717, 1.165) is 25.8 Å². The predicted octanol–water partition coefficient (Wildman–Crippen LogP) is 4.11. The zero-order valence-electron chi connectivity index (χ0n) is 15.8. The lowest BCUT2D eigenvalue weighted by Gasteiger charge is -2.56. The average molecular weight is 309 g/mol. The van der Waals surface area contributed by atoms with Crippen LogP contribution in [0.25, 0.3) is 0 Å². The molecule has 1 heterocycles. The first kappa shape index (κ1) is 17.8. The summed E-state index contributed by atoms with van der Waals surface area (Å²) < 4.78 is 0. The van der Waals surface area contributed by atoms with E-state index in [1.165, 1.54) is 19.3 Å². The van der Waals surface area contributed by atoms with Crippen molar-refractivity contribution >= 4 is 5.91 Å². The Kier molecular flexibility index (Phi) is 4.45. The molecular formula is C19H36N2O. The topological polar surface area (TPSA) is 32.3 Å². The van der Waals surface area contributed by atoms with Gasteiger partial charge in [0.25, 0.3) is 0 Å². The van der Waals surface area contributed by atoms with Crippen LogP contribution >= 0.6 is 0 Å². The zero-order chi connectivity index (χ0) is 16.8. The third kappa shape index (κ3) is 3.67. The van der Waals surface area contributed by atoms with E-state index in [1.54, 1.807) is 0 Å². The molecule has 0 bridgehead atoms. The number of amides is 1. The molecule has 0 unspecified atom stereocenters. The van der Waals surface area contributed by atoms with Gasteiger partial charge in [-0.25, -0.2) is 0 Å². The number of carbonyl (C=O) groups excluding carboxylic acids is 1. The molecule has 0 aromatic carbocycles. The lowest BCUT2D eigenvalue weighted by Crippen LogP contribution is -2.75. The molecule has 1 amide bonds. The highest BCUT2D eigenvalue weighted by Gasteiger charge is 2.53. The maximum atomic E-state index is 13.4. The lowest BCUT2D eigenvalue weighted by atomic mass is 9.73. The van der Waals surface area contributed by atoms with Crippen molar-refractivity contribution in [2.24, 2.45) is 5.41 Å². The molecule has 2 fully saturated rings. The molecule has 0 aromatic rings. The van der Waals surface area contributed by atoms with Crippen molar-refractivity contribution in [2.45, 2.75) is 104 Å². The summed E-state index contributed by atoms with van der Waals surface area (Å²) in [6, 6.07) is 0. The van der Waals surface area contributed by atoms with E-state index in [4.69, 9.17) is 0 Å². The van der Waals surface area contributed by atoms with Gasteiger partial charge < -0.3 is 4.90 Å². The Balaban J connectivity index is 2.32. The van der Waals surface area contributed by atoms with Gasteiger partial charge >= 0.3 is 0 Å². The van der Waals surface area contributed by atoms with Gasteiger partial charge in [-0.15, -0.1) is 0 Å². The SMILES string of the molecule is CC(C)(C)CC(C)(C)N1CC(C)(C)NC2(CCCCC2)C1=O. The summed E-state index contributed by atoms with van der Waals surface area (Å²) in [6.45, 7) is 16.6. The molecule has 1 saturated heterocycles. The van der Waals surface area contributed by atoms with Crippen molar-refractivity contribution in [2.75, 3.05) is 6.54 Å². The Morgan fingerprint density at radius 2 is 1.59 bits per heavy atom. The standard InChI is InChI=1S/C19H36N2O/c1-16(2,3)13-18(6,7)21-14-17(4,5)20-19(15(21)22)11-9-8-10-12-19/h20H,8-14H2,1-7H3. The summed E-state index contributed by atoms with van der Waals surface area (Å²) in [7, 11) is 0. The predicted molar refractivity (Wildman–Crippen MR) is 92.9 cm³/mol. The number of nitrogens with zero attached hydrogens (tertiary/aromatic N) is 1. The molecule has 3 heteroatoms. The summed E-state index contributed by atoms with van der Waals surface area (Å²) in [5.74, 6) is 0.348. The minimum Gasteiger partial charge on any atom is -0.334 e. The first-order chi connectivity index (χ1) is 9.87. The Morgan fingerprint density at radius 1 is 1.05 bits per heavy atom. The van der Waals surface area contributed by atoms with E-state index in [9.17, 15) is 4.79 Å². The van der Waals surface area contributed by atoms with Gasteiger partial charge in [-0.05, 0) is 52.4 Å². The zero-order valence-corrected chi connectivity index (χ0v) is 15.8. The Hall–Kier alpha value is -0.570. The molecule has 1 spiro atoms. The number of nitrogens with one attached hydrogen (secondary N) is 1. The molecule has 1 N–H and O–H groups in total. The molecule has 0 aromatic heterocycles. The summed E-state index contributed by atoms with van der Waals surface area (Å²) in [5, 5.41) is 3.73. The molecule has 2 aliphatic rings. The fourth-order valence-corrected chi connectivity index (χ4v) is 4.84. The van der Waals surface area contributed by atoms with Gasteiger partial charge in [-0.3, -0.25) is 10.1 Å². The van der Waals surface area contributed by atoms with Crippen molar-refractivity contribution in [3.8, 4) is 0 Å². The largest absolute Gasteiger partial charge is 0.334 e. The van der Waals surface area contributed by atoms with Crippen molar-refractivity contribution in [1.82, 2.24) is 10.2 Å². The summed E-state index contributed by atoms with van der Waals surface area (Å²) in [5.41, 5.74) is -0.201. The number of hydrogen-bond acceptors (Lipinski definition) is 2. The molecular weight excluding hydrogens is 272 g/mol. The van der Waals surface area contributed by atoms with Gasteiger partial charge in [-0.1, -0.05) is 40.0 Å². The Morgan fingerprint density at radius 3 is 2.09 bits per heavy atom. The normalized spacial score (nSPS) is 25.6. The van der Waals surface area contributed by atoms with Crippen LogP contribution in [0.4, 0.5) is 0 Å². The summed E-state index contributed by atoms with van der Waals surface area (Å²) in [4.78, 5) is 15.6. The van der Waals surface area contributed by atoms with Crippen LogP contribution in [-0.4, -0.2) is 34.0 Å². The van der Waals surface area contributed by atoms with E-state index in [2.05, 4.69) is 58.7 Å². The summed E-state index contributed by atoms with van der Waals surface area (Å²) in [6.07, 6.45) is 6.62. The van der Waals surface area contributed by atoms with Crippen LogP contribution in [0, 0.1) is 5.41 Å². The van der Waals surface area contributed by atoms with E-state index in [0.29, 0.717) is 5.91 Å². The van der Waals surface area contributed by atoms with Crippen LogP contribution in [0.3, 0.4) is 0 Å². The highest BCUT2D eigenvalue weighted by Crippen LogP contribution is 2.40. The minimum absolute atomic E-state index is 0.0135. The third-order valence-corrected chi connectivity index (χ3v) is 5.19. The Labute approximate surface area is 137 Å². The Bertz CT molecular complexity index is 425. The second-order valence-electron chi connectivity index (χ2n) is 10.1. The van der Waals surface area contributed by atoms with Crippen molar-refractivity contribution in [1.29, 1.82) is 0 Å². The summed E-state index contributed by atoms with van der Waals surface area (Å²) >= 11 is 0. The van der Waals surface area contributed by atoms with E-state index in [-0.39, 0.29) is 22.0 Å². The molecule has 22 heavy (non-hydrogen) atoms. The quantitative estimate of drug-likeness (QED) is 0.832. The second kappa shape index (κ2) is 5.51. The third-order valence-electron chi connectivity index (χ3n) is 5.19. The first-order valence-corrected chi connectivity index (χ1v) is 8.99. The fourth-order valence-electron chi connectivity index (χ4n) is 4.84. The smallest absolute Gasteiger partial charge is 0.243 e. The van der Waals surface area contributed by atoms with Crippen LogP contribution in [-0.2, 0) is 4.79 Å². The number of carbonyl (C=O) groups is 1. The van der Waals surface area contributed by atoms with Gasteiger partial charge in [0.05, 0.1) is 5.54 Å². The monoisotopic (exact) mass is 308 g/mol. The van der Waals surface area contributed by atoms with E-state index in [1.807, 2.05) is 0 Å². The maximum Gasteiger partial charge on any atom is 0.243 e. The first-order valence-electron chi connectivity index (χ1n) is 8.99. The van der Waals surface area contributed by atoms with Crippen LogP contribution in [0.5, 0.6) is 0 Å². The van der Waals surface area contributed by atoms with Gasteiger partial charge in [0.1, 0.15) is 0 Å². The molecule has 1 saturated carbocycles. The highest BCUT2D eigenvalue weighted by molar-refractivity contribution is 5.88. The molecule has 2 rings (SSSR count). The molecule has 1 aliphatic heterocycles. The van der Waals surface area contributed by atoms with Crippen LogP contribution in [0.15, 0.2) is 0 Å². The average Bonchev–Trinajstić information content (AvgIpc) is 2.31. The van der Waals surface area contributed by atoms with Gasteiger partial charge in [-0.2, -0.15) is 0 Å². The van der Waals surface area contributed by atoms with Gasteiger partial charge in [0.15, 0.2) is 0 Å². The van der Waals surface area contributed by atoms with Crippen LogP contribution in [0.2, 0.25) is 0 Å². The minimum atomic E-state index is -0.310. The number of hydrogen-bond donors (Lipinski definition) is 1. The molecule has 3 nitrogen and oxygen atoms in total. The van der Waals surface area contributed by atoms with Crippen molar-refractivity contribution in [3.05, 3.63) is 0 Å². The van der Waals surface area contributed by atoms with Crippen molar-refractivity contribution in [3.63, 3.8) is 0 Å². The number of piperazine rings is 1. The van der Waals surface area contributed by atoms with E-state index >= 15 is 0 Å². The van der Waals surface area contributed by atoms with Crippen molar-refractivity contribution < 1.29 is 4.79 Å². The maximum absolute atomic E-state index is 13.4. The molecule has 128 valence electrons. The van der Waals surface area contributed by atoms with Gasteiger partial charge in [0, 0.05) is 17.6 Å². The van der Waals surface area contributed by atoms with Crippen LogP contribution in [0.1, 0.15) is 87.0 Å². The molecule has 0 radical (unpaired) electrons. The number of rotatable bonds is 2. The molecule has 1 aliphatic carbocycles. The molecule has 0 atom stereocenters. The second-order valence-corrected chi connectivity index (χ2v) is 10.1. The van der Waals surface area contributed by atoms with E-state index < -0.39 is 0 Å². The van der Waals surface area contributed by atoms with Crippen LogP contribution < -0.4 is 5.32 Å².